The van der Waals surface area contributed by atoms with Gasteiger partial charge in [0, 0.05) is 19.2 Å². The lowest BCUT2D eigenvalue weighted by atomic mass is 10.2. The van der Waals surface area contributed by atoms with E-state index in [1.165, 1.54) is 0 Å². The summed E-state index contributed by atoms with van der Waals surface area (Å²) in [5, 5.41) is 0. The zero-order valence-corrected chi connectivity index (χ0v) is 8.97. The number of nitrogens with zero attached hydrogens (tertiary/aromatic N) is 3. The smallest absolute Gasteiger partial charge is 0.223 e. The van der Waals surface area contributed by atoms with E-state index in [0.717, 1.165) is 31.7 Å². The summed E-state index contributed by atoms with van der Waals surface area (Å²) >= 11 is 0. The van der Waals surface area contributed by atoms with Crippen LogP contribution in [-0.4, -0.2) is 35.3 Å². The molecule has 2 unspecified atom stereocenters. The Morgan fingerprint density at radius 2 is 1.88 bits per heavy atom. The van der Waals surface area contributed by atoms with Crippen LogP contribution in [-0.2, 0) is 4.74 Å². The fourth-order valence-electron chi connectivity index (χ4n) is 2.44. The van der Waals surface area contributed by atoms with Crippen LogP contribution in [0.3, 0.4) is 0 Å². The monoisotopic (exact) mass is 221 g/mol. The maximum atomic E-state index is 5.76. The second-order valence-electron chi connectivity index (χ2n) is 4.37. The van der Waals surface area contributed by atoms with Gasteiger partial charge in [-0.05, 0) is 12.8 Å². The van der Waals surface area contributed by atoms with Gasteiger partial charge in [0.15, 0.2) is 0 Å². The van der Waals surface area contributed by atoms with Gasteiger partial charge in [0.1, 0.15) is 11.6 Å². The molecule has 0 amide bonds. The minimum absolute atomic E-state index is 0.230. The van der Waals surface area contributed by atoms with Crippen molar-refractivity contribution < 1.29 is 4.74 Å². The predicted molar refractivity (Wildman–Crippen MR) is 61.0 cm³/mol. The Morgan fingerprint density at radius 1 is 1.19 bits per heavy atom. The van der Waals surface area contributed by atoms with Gasteiger partial charge >= 0.3 is 0 Å². The molecule has 2 bridgehead atoms. The first kappa shape index (κ1) is 9.65. The quantitative estimate of drug-likeness (QED) is 0.694. The SMILES string of the molecule is Nc1cc(N2CC3CCC(C2)O3)nc(N)n1. The van der Waals surface area contributed by atoms with Gasteiger partial charge in [-0.3, -0.25) is 0 Å². The van der Waals surface area contributed by atoms with Crippen LogP contribution in [0.4, 0.5) is 17.6 Å². The lowest BCUT2D eigenvalue weighted by Gasteiger charge is -2.32. The van der Waals surface area contributed by atoms with E-state index in [1.807, 2.05) is 0 Å². The number of anilines is 3. The van der Waals surface area contributed by atoms with Crippen molar-refractivity contribution in [1.29, 1.82) is 0 Å². The molecule has 0 aromatic carbocycles. The number of ether oxygens (including phenoxy) is 1. The van der Waals surface area contributed by atoms with E-state index in [2.05, 4.69) is 14.9 Å². The highest BCUT2D eigenvalue weighted by Crippen LogP contribution is 2.29. The lowest BCUT2D eigenvalue weighted by molar-refractivity contribution is 0.0302. The molecule has 6 heteroatoms. The van der Waals surface area contributed by atoms with Gasteiger partial charge in [0.25, 0.3) is 0 Å². The summed E-state index contributed by atoms with van der Waals surface area (Å²) in [5.74, 6) is 1.46. The summed E-state index contributed by atoms with van der Waals surface area (Å²) < 4.78 is 5.76. The molecular formula is C10H15N5O. The van der Waals surface area contributed by atoms with Crippen LogP contribution in [0.15, 0.2) is 6.07 Å². The van der Waals surface area contributed by atoms with Crippen LogP contribution in [0.1, 0.15) is 12.8 Å². The highest BCUT2D eigenvalue weighted by Gasteiger charge is 2.34. The number of nitrogen functional groups attached to an aromatic ring is 2. The molecule has 2 fully saturated rings. The maximum Gasteiger partial charge on any atom is 0.223 e. The highest BCUT2D eigenvalue weighted by molar-refractivity contribution is 5.51. The summed E-state index contributed by atoms with van der Waals surface area (Å²) in [7, 11) is 0. The molecule has 16 heavy (non-hydrogen) atoms. The van der Waals surface area contributed by atoms with Crippen LogP contribution in [0.5, 0.6) is 0 Å². The van der Waals surface area contributed by atoms with Crippen molar-refractivity contribution in [2.45, 2.75) is 25.0 Å². The summed E-state index contributed by atoms with van der Waals surface area (Å²) in [5.41, 5.74) is 11.3. The van der Waals surface area contributed by atoms with Crippen LogP contribution < -0.4 is 16.4 Å². The van der Waals surface area contributed by atoms with Crippen LogP contribution >= 0.6 is 0 Å². The van der Waals surface area contributed by atoms with Gasteiger partial charge < -0.3 is 21.1 Å². The Morgan fingerprint density at radius 3 is 2.50 bits per heavy atom. The number of hydrogen-bond donors (Lipinski definition) is 2. The minimum atomic E-state index is 0.230. The van der Waals surface area contributed by atoms with Crippen molar-refractivity contribution in [3.05, 3.63) is 6.07 Å². The van der Waals surface area contributed by atoms with E-state index in [-0.39, 0.29) is 5.95 Å². The first-order chi connectivity index (χ1) is 7.70. The van der Waals surface area contributed by atoms with Crippen molar-refractivity contribution in [2.75, 3.05) is 29.5 Å². The Kier molecular flexibility index (Phi) is 2.10. The fraction of sp³-hybridized carbons (Fsp3) is 0.600. The highest BCUT2D eigenvalue weighted by atomic mass is 16.5. The third-order valence-electron chi connectivity index (χ3n) is 3.12. The van der Waals surface area contributed by atoms with Gasteiger partial charge in [-0.15, -0.1) is 0 Å². The average molecular weight is 221 g/mol. The van der Waals surface area contributed by atoms with E-state index in [0.29, 0.717) is 18.0 Å². The Bertz CT molecular complexity index is 378. The molecule has 1 aromatic rings. The Labute approximate surface area is 93.6 Å². The molecule has 2 aliphatic heterocycles. The minimum Gasteiger partial charge on any atom is -0.383 e. The zero-order chi connectivity index (χ0) is 11.1. The molecule has 2 aliphatic rings. The zero-order valence-electron chi connectivity index (χ0n) is 8.97. The maximum absolute atomic E-state index is 5.76. The number of fused-ring (bicyclic) bond motifs is 2. The Balaban J connectivity index is 1.86. The molecule has 3 rings (SSSR count). The van der Waals surface area contributed by atoms with Gasteiger partial charge in [-0.25, -0.2) is 0 Å². The predicted octanol–water partition coefficient (Wildman–Crippen LogP) is 0.00860. The van der Waals surface area contributed by atoms with E-state index < -0.39 is 0 Å². The fourth-order valence-corrected chi connectivity index (χ4v) is 2.44. The third kappa shape index (κ3) is 1.65. The second kappa shape index (κ2) is 3.48. The molecule has 86 valence electrons. The first-order valence-electron chi connectivity index (χ1n) is 5.51. The molecule has 0 spiro atoms. The van der Waals surface area contributed by atoms with Gasteiger partial charge in [-0.1, -0.05) is 0 Å². The van der Waals surface area contributed by atoms with Crippen molar-refractivity contribution in [1.82, 2.24) is 9.97 Å². The molecule has 0 saturated carbocycles. The van der Waals surface area contributed by atoms with E-state index in [9.17, 15) is 0 Å². The average Bonchev–Trinajstić information content (AvgIpc) is 2.56. The number of nitrogens with two attached hydrogens (primary N) is 2. The molecule has 3 heterocycles. The van der Waals surface area contributed by atoms with Crippen molar-refractivity contribution >= 4 is 17.6 Å². The van der Waals surface area contributed by atoms with E-state index in [1.54, 1.807) is 6.07 Å². The number of hydrogen-bond acceptors (Lipinski definition) is 6. The number of aromatic nitrogens is 2. The normalized spacial score (nSPS) is 28.4. The van der Waals surface area contributed by atoms with Crippen LogP contribution in [0.2, 0.25) is 0 Å². The summed E-state index contributed by atoms with van der Waals surface area (Å²) in [6.07, 6.45) is 2.93. The topological polar surface area (TPSA) is 90.3 Å². The molecule has 0 radical (unpaired) electrons. The molecule has 2 saturated heterocycles. The molecule has 1 aromatic heterocycles. The summed E-state index contributed by atoms with van der Waals surface area (Å²) in [4.78, 5) is 10.3. The van der Waals surface area contributed by atoms with Gasteiger partial charge in [0.05, 0.1) is 12.2 Å². The van der Waals surface area contributed by atoms with Crippen molar-refractivity contribution in [2.24, 2.45) is 0 Å². The standard InChI is InChI=1S/C10H15N5O/c11-8-3-9(14-10(12)13-8)15-4-6-1-2-7(5-15)16-6/h3,6-7H,1-2,4-5H2,(H4,11,12,13,14). The van der Waals surface area contributed by atoms with E-state index in [4.69, 9.17) is 16.2 Å². The van der Waals surface area contributed by atoms with Gasteiger partial charge in [0.2, 0.25) is 5.95 Å². The van der Waals surface area contributed by atoms with Crippen molar-refractivity contribution in [3.8, 4) is 0 Å². The van der Waals surface area contributed by atoms with Crippen molar-refractivity contribution in [3.63, 3.8) is 0 Å². The third-order valence-corrected chi connectivity index (χ3v) is 3.12. The largest absolute Gasteiger partial charge is 0.383 e. The summed E-state index contributed by atoms with van der Waals surface area (Å²) in [6.45, 7) is 1.73. The molecular weight excluding hydrogens is 206 g/mol. The molecule has 4 N–H and O–H groups in total. The molecule has 6 nitrogen and oxygen atoms in total. The number of rotatable bonds is 1. The molecule has 2 atom stereocenters. The molecule has 0 aliphatic carbocycles. The number of morpholine rings is 1. The Hall–Kier alpha value is -1.56. The van der Waals surface area contributed by atoms with Crippen LogP contribution in [0, 0.1) is 0 Å². The van der Waals surface area contributed by atoms with Gasteiger partial charge in [-0.2, -0.15) is 9.97 Å². The van der Waals surface area contributed by atoms with Crippen LogP contribution in [0.25, 0.3) is 0 Å². The second-order valence-corrected chi connectivity index (χ2v) is 4.37. The van der Waals surface area contributed by atoms with E-state index >= 15 is 0 Å². The lowest BCUT2D eigenvalue weighted by Crippen LogP contribution is -2.43. The first-order valence-corrected chi connectivity index (χ1v) is 5.51. The summed E-state index contributed by atoms with van der Waals surface area (Å²) in [6, 6.07) is 1.76.